The molecule has 1 aliphatic rings. The van der Waals surface area contributed by atoms with E-state index >= 15 is 0 Å². The third kappa shape index (κ3) is 3.16. The van der Waals surface area contributed by atoms with Gasteiger partial charge < -0.3 is 0 Å². The second-order valence-electron chi connectivity index (χ2n) is 4.87. The number of halogens is 1. The van der Waals surface area contributed by atoms with Gasteiger partial charge in [-0.1, -0.05) is 6.42 Å². The molecule has 0 spiro atoms. The number of nitrogens with zero attached hydrogens (tertiary/aromatic N) is 1. The zero-order valence-electron chi connectivity index (χ0n) is 11.0. The number of piperidine rings is 1. The number of sulfonamides is 1. The average Bonchev–Trinajstić information content (AvgIpc) is 2.38. The van der Waals surface area contributed by atoms with Gasteiger partial charge in [0.2, 0.25) is 10.0 Å². The van der Waals surface area contributed by atoms with E-state index in [1.807, 2.05) is 6.92 Å². The molecule has 1 aliphatic heterocycles. The molecule has 112 valence electrons. The molecule has 1 saturated heterocycles. The fourth-order valence-corrected chi connectivity index (χ4v) is 4.81. The highest BCUT2D eigenvalue weighted by molar-refractivity contribution is 8.13. The second-order valence-corrected chi connectivity index (χ2v) is 9.33. The van der Waals surface area contributed by atoms with Crippen molar-refractivity contribution >= 4 is 29.8 Å². The van der Waals surface area contributed by atoms with Gasteiger partial charge in [0.25, 0.3) is 9.05 Å². The molecule has 0 saturated carbocycles. The SMILES string of the molecule is CC1CCCCN1S(=O)(=O)c1ccc(S(=O)(=O)Cl)cc1. The summed E-state index contributed by atoms with van der Waals surface area (Å²) >= 11 is 0. The first-order valence-electron chi connectivity index (χ1n) is 6.29. The minimum atomic E-state index is -3.84. The Balaban J connectivity index is 2.35. The van der Waals surface area contributed by atoms with Crippen molar-refractivity contribution in [2.24, 2.45) is 0 Å². The van der Waals surface area contributed by atoms with Gasteiger partial charge in [-0.25, -0.2) is 16.8 Å². The highest BCUT2D eigenvalue weighted by atomic mass is 35.7. The highest BCUT2D eigenvalue weighted by Crippen LogP contribution is 2.26. The Labute approximate surface area is 124 Å². The Morgan fingerprint density at radius 2 is 1.60 bits per heavy atom. The molecule has 1 atom stereocenters. The van der Waals surface area contributed by atoms with Crippen molar-refractivity contribution in [1.29, 1.82) is 0 Å². The summed E-state index contributed by atoms with van der Waals surface area (Å²) in [7, 11) is -2.21. The summed E-state index contributed by atoms with van der Waals surface area (Å²) in [5, 5.41) is 0. The summed E-state index contributed by atoms with van der Waals surface area (Å²) < 4.78 is 48.8. The molecule has 0 aromatic heterocycles. The van der Waals surface area contributed by atoms with Gasteiger partial charge in [-0.05, 0) is 44.0 Å². The highest BCUT2D eigenvalue weighted by Gasteiger charge is 2.31. The molecule has 1 unspecified atom stereocenters. The van der Waals surface area contributed by atoms with Crippen LogP contribution < -0.4 is 0 Å². The maximum absolute atomic E-state index is 12.5. The molecule has 20 heavy (non-hydrogen) atoms. The smallest absolute Gasteiger partial charge is 0.207 e. The molecule has 1 aromatic rings. The molecule has 2 rings (SSSR count). The topological polar surface area (TPSA) is 71.5 Å². The number of rotatable bonds is 3. The van der Waals surface area contributed by atoms with Gasteiger partial charge in [-0.2, -0.15) is 4.31 Å². The Morgan fingerprint density at radius 3 is 2.10 bits per heavy atom. The summed E-state index contributed by atoms with van der Waals surface area (Å²) in [4.78, 5) is -0.0138. The van der Waals surface area contributed by atoms with Crippen molar-refractivity contribution < 1.29 is 16.8 Å². The van der Waals surface area contributed by atoms with Gasteiger partial charge in [0.1, 0.15) is 0 Å². The van der Waals surface area contributed by atoms with E-state index in [0.717, 1.165) is 19.3 Å². The summed E-state index contributed by atoms with van der Waals surface area (Å²) in [6.45, 7) is 2.38. The molecule has 1 heterocycles. The number of hydrogen-bond acceptors (Lipinski definition) is 4. The average molecular weight is 338 g/mol. The van der Waals surface area contributed by atoms with Crippen LogP contribution in [0, 0.1) is 0 Å². The number of benzene rings is 1. The summed E-state index contributed by atoms with van der Waals surface area (Å²) in [6, 6.07) is 4.95. The first-order chi connectivity index (χ1) is 9.23. The molecular weight excluding hydrogens is 322 g/mol. The monoisotopic (exact) mass is 337 g/mol. The molecule has 0 radical (unpaired) electrons. The van der Waals surface area contributed by atoms with E-state index < -0.39 is 19.1 Å². The van der Waals surface area contributed by atoms with Crippen LogP contribution >= 0.6 is 10.7 Å². The molecule has 0 N–H and O–H groups in total. The lowest BCUT2D eigenvalue weighted by Gasteiger charge is -2.32. The van der Waals surface area contributed by atoms with Crippen LogP contribution in [-0.4, -0.2) is 33.7 Å². The minimum Gasteiger partial charge on any atom is -0.207 e. The molecule has 8 heteroatoms. The predicted molar refractivity (Wildman–Crippen MR) is 76.7 cm³/mol. The van der Waals surface area contributed by atoms with Crippen LogP contribution in [0.15, 0.2) is 34.1 Å². The first kappa shape index (κ1) is 15.8. The molecule has 0 bridgehead atoms. The van der Waals surface area contributed by atoms with Crippen LogP contribution in [0.2, 0.25) is 0 Å². The third-order valence-electron chi connectivity index (χ3n) is 3.45. The Morgan fingerprint density at radius 1 is 1.05 bits per heavy atom. The molecule has 5 nitrogen and oxygen atoms in total. The van der Waals surface area contributed by atoms with E-state index in [0.29, 0.717) is 6.54 Å². The standard InChI is InChI=1S/C12H16ClNO4S2/c1-10-4-2-3-9-14(10)20(17,18)12-7-5-11(6-8-12)19(13,15)16/h5-8,10H,2-4,9H2,1H3. The van der Waals surface area contributed by atoms with Crippen LogP contribution in [0.1, 0.15) is 26.2 Å². The van der Waals surface area contributed by atoms with Crippen LogP contribution in [-0.2, 0) is 19.1 Å². The zero-order valence-corrected chi connectivity index (χ0v) is 13.4. The zero-order chi connectivity index (χ0) is 15.0. The Bertz CT molecular complexity index is 683. The van der Waals surface area contributed by atoms with Crippen LogP contribution in [0.3, 0.4) is 0 Å². The van der Waals surface area contributed by atoms with E-state index in [4.69, 9.17) is 10.7 Å². The lowest BCUT2D eigenvalue weighted by Crippen LogP contribution is -2.41. The van der Waals surface area contributed by atoms with Gasteiger partial charge in [-0.3, -0.25) is 0 Å². The van der Waals surface area contributed by atoms with Crippen LogP contribution in [0.4, 0.5) is 0 Å². The van der Waals surface area contributed by atoms with Crippen LogP contribution in [0.25, 0.3) is 0 Å². The summed E-state index contributed by atoms with van der Waals surface area (Å²) in [5.41, 5.74) is 0. The fourth-order valence-electron chi connectivity index (χ4n) is 2.34. The molecule has 0 aliphatic carbocycles. The molecule has 0 amide bonds. The predicted octanol–water partition coefficient (Wildman–Crippen LogP) is 2.18. The minimum absolute atomic E-state index is 0.0369. The molecule has 1 fully saturated rings. The van der Waals surface area contributed by atoms with Crippen molar-refractivity contribution in [3.8, 4) is 0 Å². The Kier molecular flexibility index (Phi) is 4.44. The van der Waals surface area contributed by atoms with E-state index in [1.165, 1.54) is 28.6 Å². The summed E-state index contributed by atoms with van der Waals surface area (Å²) in [5.74, 6) is 0. The molecule has 1 aromatic carbocycles. The fraction of sp³-hybridized carbons (Fsp3) is 0.500. The van der Waals surface area contributed by atoms with E-state index in [1.54, 1.807) is 0 Å². The van der Waals surface area contributed by atoms with Crippen molar-refractivity contribution in [2.75, 3.05) is 6.54 Å². The van der Waals surface area contributed by atoms with Gasteiger partial charge in [0.05, 0.1) is 9.79 Å². The van der Waals surface area contributed by atoms with Gasteiger partial charge in [0, 0.05) is 23.3 Å². The second kappa shape index (κ2) is 5.63. The van der Waals surface area contributed by atoms with Crippen LogP contribution in [0.5, 0.6) is 0 Å². The van der Waals surface area contributed by atoms with E-state index in [9.17, 15) is 16.8 Å². The van der Waals surface area contributed by atoms with Crippen molar-refractivity contribution in [1.82, 2.24) is 4.31 Å². The Hall–Kier alpha value is -0.630. The molecular formula is C12H16ClNO4S2. The third-order valence-corrected chi connectivity index (χ3v) is 6.85. The quantitative estimate of drug-likeness (QED) is 0.792. The van der Waals surface area contributed by atoms with Gasteiger partial charge in [-0.15, -0.1) is 0 Å². The van der Waals surface area contributed by atoms with E-state index in [-0.39, 0.29) is 15.8 Å². The lowest BCUT2D eigenvalue weighted by atomic mass is 10.1. The van der Waals surface area contributed by atoms with Crippen molar-refractivity contribution in [3.05, 3.63) is 24.3 Å². The van der Waals surface area contributed by atoms with Gasteiger partial charge in [0.15, 0.2) is 0 Å². The maximum Gasteiger partial charge on any atom is 0.261 e. The summed E-state index contributed by atoms with van der Waals surface area (Å²) in [6.07, 6.45) is 2.71. The maximum atomic E-state index is 12.5. The van der Waals surface area contributed by atoms with E-state index in [2.05, 4.69) is 0 Å². The van der Waals surface area contributed by atoms with Crippen molar-refractivity contribution in [2.45, 2.75) is 42.0 Å². The first-order valence-corrected chi connectivity index (χ1v) is 10.0. The van der Waals surface area contributed by atoms with Crippen molar-refractivity contribution in [3.63, 3.8) is 0 Å². The normalized spacial score (nSPS) is 21.8. The lowest BCUT2D eigenvalue weighted by molar-refractivity contribution is 0.268. The largest absolute Gasteiger partial charge is 0.261 e. The number of hydrogen-bond donors (Lipinski definition) is 0. The van der Waals surface area contributed by atoms with Gasteiger partial charge >= 0.3 is 0 Å².